The highest BCUT2D eigenvalue weighted by molar-refractivity contribution is 6.42. The molecule has 0 bridgehead atoms. The predicted octanol–water partition coefficient (Wildman–Crippen LogP) is 7.94. The lowest BCUT2D eigenvalue weighted by Gasteiger charge is -2.28. The first-order valence-corrected chi connectivity index (χ1v) is 14.6. The van der Waals surface area contributed by atoms with Crippen molar-refractivity contribution in [3.8, 4) is 11.1 Å². The van der Waals surface area contributed by atoms with E-state index in [4.69, 9.17) is 0 Å². The van der Waals surface area contributed by atoms with Crippen molar-refractivity contribution in [3.63, 3.8) is 0 Å². The Morgan fingerprint density at radius 3 is 2.48 bits per heavy atom. The Morgan fingerprint density at radius 1 is 0.857 bits per heavy atom. The van der Waals surface area contributed by atoms with Crippen LogP contribution in [0.3, 0.4) is 0 Å². The van der Waals surface area contributed by atoms with Crippen LogP contribution in [-0.4, -0.2) is 28.7 Å². The van der Waals surface area contributed by atoms with Gasteiger partial charge in [0.15, 0.2) is 11.6 Å². The molecule has 1 heterocycles. The maximum absolute atomic E-state index is 13.3. The van der Waals surface area contributed by atoms with E-state index in [1.807, 2.05) is 6.07 Å². The van der Waals surface area contributed by atoms with Crippen molar-refractivity contribution in [2.45, 2.75) is 50.5 Å². The molecule has 8 rings (SSSR count). The summed E-state index contributed by atoms with van der Waals surface area (Å²) >= 11 is 0. The second-order valence-corrected chi connectivity index (χ2v) is 12.4. The van der Waals surface area contributed by atoms with Crippen molar-refractivity contribution in [1.82, 2.24) is 0 Å². The average molecular weight is 552 g/mol. The lowest BCUT2D eigenvalue weighted by molar-refractivity contribution is 0.0692. The number of ketones is 2. The summed E-state index contributed by atoms with van der Waals surface area (Å²) in [6, 6.07) is 26.6. The number of benzene rings is 4. The second-order valence-electron chi connectivity index (χ2n) is 12.4. The van der Waals surface area contributed by atoms with Gasteiger partial charge in [-0.2, -0.15) is 0 Å². The summed E-state index contributed by atoms with van der Waals surface area (Å²) < 4.78 is 0. The van der Waals surface area contributed by atoms with Gasteiger partial charge in [0.1, 0.15) is 0 Å². The van der Waals surface area contributed by atoms with E-state index in [0.717, 1.165) is 24.8 Å². The molecule has 0 saturated heterocycles. The molecule has 5 nitrogen and oxygen atoms in total. The first-order valence-electron chi connectivity index (χ1n) is 14.6. The molecule has 4 aromatic rings. The zero-order valence-electron chi connectivity index (χ0n) is 23.5. The maximum atomic E-state index is 13.3. The molecule has 1 N–H and O–H groups in total. The molecule has 0 amide bonds. The largest absolute Gasteiger partial charge is 0.478 e. The molecule has 1 fully saturated rings. The predicted molar refractivity (Wildman–Crippen MR) is 163 cm³/mol. The van der Waals surface area contributed by atoms with E-state index in [2.05, 4.69) is 73.3 Å². The van der Waals surface area contributed by atoms with Crippen LogP contribution in [0.4, 0.5) is 11.4 Å². The molecule has 0 aromatic heterocycles. The van der Waals surface area contributed by atoms with Crippen LogP contribution in [-0.2, 0) is 5.41 Å². The fraction of sp³-hybridized carbons (Fsp3) is 0.216. The molecule has 4 aliphatic rings. The number of hydrogen-bond donors (Lipinski definition) is 1. The number of Topliss-reactive ketones (excluding diaryl/α,β-unsaturated/α-hetero) is 2. The van der Waals surface area contributed by atoms with Crippen LogP contribution in [0.2, 0.25) is 0 Å². The van der Waals surface area contributed by atoms with E-state index in [-0.39, 0.29) is 27.7 Å². The molecule has 0 spiro atoms. The van der Waals surface area contributed by atoms with Crippen molar-refractivity contribution < 1.29 is 19.5 Å². The minimum absolute atomic E-state index is 0.00852. The zero-order chi connectivity index (χ0) is 28.9. The Labute approximate surface area is 244 Å². The number of aromatic carboxylic acids is 1. The molecule has 2 unspecified atom stereocenters. The number of carboxylic acid groups (broad SMARTS) is 1. The second kappa shape index (κ2) is 8.62. The topological polar surface area (TPSA) is 74.7 Å². The lowest BCUT2D eigenvalue weighted by Crippen LogP contribution is -2.26. The fourth-order valence-electron chi connectivity index (χ4n) is 8.00. The summed E-state index contributed by atoms with van der Waals surface area (Å²) in [5.74, 6) is -1.77. The molecule has 1 saturated carbocycles. The Hall–Kier alpha value is -4.77. The van der Waals surface area contributed by atoms with E-state index >= 15 is 0 Å². The molecule has 5 heteroatoms. The molecule has 4 aromatic carbocycles. The molecule has 206 valence electrons. The number of rotatable bonds is 3. The van der Waals surface area contributed by atoms with Crippen molar-refractivity contribution in [2.75, 3.05) is 4.90 Å². The van der Waals surface area contributed by atoms with Gasteiger partial charge in [-0.05, 0) is 82.6 Å². The molecular formula is C37H29NO4. The Bertz CT molecular complexity index is 1930. The number of carbonyl (C=O) groups is 3. The smallest absolute Gasteiger partial charge is 0.336 e. The van der Waals surface area contributed by atoms with Gasteiger partial charge in [0.05, 0.1) is 11.1 Å². The third kappa shape index (κ3) is 3.28. The summed E-state index contributed by atoms with van der Waals surface area (Å²) in [6.07, 6.45) is 5.00. The number of fused-ring (bicyclic) bond motifs is 7. The van der Waals surface area contributed by atoms with E-state index in [9.17, 15) is 19.5 Å². The Balaban J connectivity index is 1.20. The van der Waals surface area contributed by atoms with Gasteiger partial charge in [-0.3, -0.25) is 9.59 Å². The van der Waals surface area contributed by atoms with Crippen LogP contribution in [0.5, 0.6) is 0 Å². The van der Waals surface area contributed by atoms with Gasteiger partial charge in [-0.15, -0.1) is 0 Å². The van der Waals surface area contributed by atoms with Gasteiger partial charge in [0.25, 0.3) is 0 Å². The highest BCUT2D eigenvalue weighted by Crippen LogP contribution is 2.55. The van der Waals surface area contributed by atoms with E-state index in [0.29, 0.717) is 12.0 Å². The number of carbonyl (C=O) groups excluding carboxylic acids is 2. The van der Waals surface area contributed by atoms with E-state index < -0.39 is 17.5 Å². The Kier molecular flexibility index (Phi) is 5.13. The normalized spacial score (nSPS) is 21.8. The SMILES string of the molecule is CC1(C)c2ccccc2-c2cc(N3c4ccc(/C=C5\C(=O)c6cccc(C(=O)O)c6C5=O)cc4C4CCCC43)ccc21. The molecule has 42 heavy (non-hydrogen) atoms. The standard InChI is InChI=1S/C37H29NO4/c1-37(2)29-11-4-3-7-22(29)26-19-21(14-15-30(26)37)38-31-12-6-8-23(31)27-17-20(13-16-32(27)38)18-28-34(39)24-9-5-10-25(36(41)42)33(24)35(28)40/h3-5,7,9-11,13-19,23,31H,6,8,12H2,1-2H3,(H,41,42)/b28-18+. The molecule has 2 atom stereocenters. The van der Waals surface area contributed by atoms with Gasteiger partial charge in [0.2, 0.25) is 0 Å². The van der Waals surface area contributed by atoms with Crippen LogP contribution < -0.4 is 4.90 Å². The van der Waals surface area contributed by atoms with Crippen LogP contribution in [0.1, 0.15) is 92.4 Å². The first kappa shape index (κ1) is 25.0. The fourth-order valence-corrected chi connectivity index (χ4v) is 8.00. The van der Waals surface area contributed by atoms with Crippen molar-refractivity contribution in [2.24, 2.45) is 0 Å². The summed E-state index contributed by atoms with van der Waals surface area (Å²) in [7, 11) is 0. The number of anilines is 2. The number of nitrogens with zero attached hydrogens (tertiary/aromatic N) is 1. The average Bonchev–Trinajstić information content (AvgIpc) is 3.70. The summed E-state index contributed by atoms with van der Waals surface area (Å²) in [5.41, 5.74) is 9.74. The van der Waals surface area contributed by atoms with Crippen LogP contribution in [0, 0.1) is 0 Å². The maximum Gasteiger partial charge on any atom is 0.336 e. The van der Waals surface area contributed by atoms with Gasteiger partial charge in [-0.1, -0.05) is 68.8 Å². The highest BCUT2D eigenvalue weighted by atomic mass is 16.4. The van der Waals surface area contributed by atoms with Crippen molar-refractivity contribution in [1.29, 1.82) is 0 Å². The molecule has 0 radical (unpaired) electrons. The molecular weight excluding hydrogens is 522 g/mol. The lowest BCUT2D eigenvalue weighted by atomic mass is 9.82. The third-order valence-electron chi connectivity index (χ3n) is 9.93. The third-order valence-corrected chi connectivity index (χ3v) is 9.93. The monoisotopic (exact) mass is 551 g/mol. The van der Waals surface area contributed by atoms with Crippen molar-refractivity contribution in [3.05, 3.63) is 123 Å². The van der Waals surface area contributed by atoms with Crippen molar-refractivity contribution >= 4 is 35.0 Å². The quantitative estimate of drug-likeness (QED) is 0.207. The summed E-state index contributed by atoms with van der Waals surface area (Å²) in [5, 5.41) is 9.58. The van der Waals surface area contributed by atoms with Crippen LogP contribution in [0.15, 0.2) is 84.4 Å². The number of allylic oxidation sites excluding steroid dienone is 1. The number of hydrogen-bond acceptors (Lipinski definition) is 4. The Morgan fingerprint density at radius 2 is 1.64 bits per heavy atom. The molecule has 1 aliphatic heterocycles. The minimum atomic E-state index is -1.21. The summed E-state index contributed by atoms with van der Waals surface area (Å²) in [6.45, 7) is 4.60. The minimum Gasteiger partial charge on any atom is -0.478 e. The highest BCUT2D eigenvalue weighted by Gasteiger charge is 2.43. The van der Waals surface area contributed by atoms with Gasteiger partial charge < -0.3 is 10.0 Å². The first-order chi connectivity index (χ1) is 20.3. The van der Waals surface area contributed by atoms with Gasteiger partial charge >= 0.3 is 5.97 Å². The van der Waals surface area contributed by atoms with E-state index in [1.165, 1.54) is 57.4 Å². The zero-order valence-corrected chi connectivity index (χ0v) is 23.5. The van der Waals surface area contributed by atoms with Gasteiger partial charge in [0, 0.05) is 39.9 Å². The van der Waals surface area contributed by atoms with Gasteiger partial charge in [-0.25, -0.2) is 4.79 Å². The molecule has 3 aliphatic carbocycles. The summed E-state index contributed by atoms with van der Waals surface area (Å²) in [4.78, 5) is 40.7. The number of carboxylic acids is 1. The van der Waals surface area contributed by atoms with Crippen LogP contribution >= 0.6 is 0 Å². The van der Waals surface area contributed by atoms with E-state index in [1.54, 1.807) is 6.08 Å². The van der Waals surface area contributed by atoms with Crippen LogP contribution in [0.25, 0.3) is 17.2 Å².